The average molecular weight is 501 g/mol. The molecule has 0 saturated carbocycles. The molecule has 7 nitrogen and oxygen atoms in total. The van der Waals surface area contributed by atoms with Gasteiger partial charge in [0.2, 0.25) is 5.91 Å². The Hall–Kier alpha value is -4.04. The Morgan fingerprint density at radius 1 is 1.05 bits per heavy atom. The maximum atomic E-state index is 13.8. The summed E-state index contributed by atoms with van der Waals surface area (Å²) in [6, 6.07) is 21.0. The van der Waals surface area contributed by atoms with E-state index < -0.39 is 11.7 Å². The lowest BCUT2D eigenvalue weighted by Gasteiger charge is -2.30. The Morgan fingerprint density at radius 2 is 1.76 bits per heavy atom. The fourth-order valence-corrected chi connectivity index (χ4v) is 4.73. The first-order chi connectivity index (χ1) is 17.9. The van der Waals surface area contributed by atoms with E-state index >= 15 is 0 Å². The number of rotatable bonds is 5. The number of carbonyl (C=O) groups is 2. The highest BCUT2D eigenvalue weighted by molar-refractivity contribution is 6.24. The van der Waals surface area contributed by atoms with Crippen LogP contribution in [0.1, 0.15) is 29.9 Å². The molecule has 0 radical (unpaired) electrons. The molecule has 0 aliphatic carbocycles. The molecule has 1 saturated heterocycles. The number of likely N-dealkylation sites (tertiary alicyclic amines) is 1. The Morgan fingerprint density at radius 3 is 2.46 bits per heavy atom. The molecule has 190 valence electrons. The molecule has 3 aromatic carbocycles. The van der Waals surface area contributed by atoms with Crippen LogP contribution in [0, 0.1) is 5.82 Å². The van der Waals surface area contributed by atoms with E-state index in [2.05, 4.69) is 17.3 Å². The van der Waals surface area contributed by atoms with Gasteiger partial charge in [0.15, 0.2) is 0 Å². The normalized spacial score (nSPS) is 18.3. The number of hydrogen-bond donors (Lipinski definition) is 1. The van der Waals surface area contributed by atoms with Crippen LogP contribution >= 0.6 is 0 Å². The molecule has 2 heterocycles. The topological polar surface area (TPSA) is 74.2 Å². The summed E-state index contributed by atoms with van der Waals surface area (Å²) < 4.78 is 19.5. The molecule has 1 fully saturated rings. The Labute approximate surface area is 215 Å². The number of amides is 2. The number of fused-ring (bicyclic) bond motifs is 1. The number of anilines is 2. The molecular formula is C29H29FN4O3. The molecule has 0 spiro atoms. The van der Waals surface area contributed by atoms with Crippen molar-refractivity contribution in [2.24, 2.45) is 4.99 Å². The van der Waals surface area contributed by atoms with Gasteiger partial charge in [0.1, 0.15) is 17.8 Å². The fraction of sp³-hybridized carbons (Fsp3) is 0.276. The van der Waals surface area contributed by atoms with Gasteiger partial charge in [-0.25, -0.2) is 9.18 Å². The van der Waals surface area contributed by atoms with Crippen LogP contribution in [0.25, 0.3) is 0 Å². The maximum Gasteiger partial charge on any atom is 0.414 e. The van der Waals surface area contributed by atoms with Crippen LogP contribution in [0.15, 0.2) is 77.8 Å². The highest BCUT2D eigenvalue weighted by Crippen LogP contribution is 2.37. The van der Waals surface area contributed by atoms with Crippen molar-refractivity contribution in [2.75, 3.05) is 37.4 Å². The van der Waals surface area contributed by atoms with Crippen LogP contribution in [0.3, 0.4) is 0 Å². The monoisotopic (exact) mass is 500 g/mol. The lowest BCUT2D eigenvalue weighted by molar-refractivity contribution is -0.115. The maximum absolute atomic E-state index is 13.8. The van der Waals surface area contributed by atoms with E-state index in [1.165, 1.54) is 17.0 Å². The molecule has 2 amide bonds. The molecule has 0 aromatic heterocycles. The second-order valence-corrected chi connectivity index (χ2v) is 9.48. The van der Waals surface area contributed by atoms with Gasteiger partial charge >= 0.3 is 6.09 Å². The second-order valence-electron chi connectivity index (χ2n) is 9.48. The Bertz CT molecular complexity index is 1320. The van der Waals surface area contributed by atoms with E-state index in [1.54, 1.807) is 37.4 Å². The molecule has 1 unspecified atom stereocenters. The van der Waals surface area contributed by atoms with Gasteiger partial charge in [-0.05, 0) is 67.4 Å². The number of aliphatic imine (C=N–C) groups is 1. The van der Waals surface area contributed by atoms with E-state index in [0.29, 0.717) is 28.3 Å². The van der Waals surface area contributed by atoms with Crippen molar-refractivity contribution >= 4 is 34.8 Å². The SMILES string of the molecule is CN1CCC(OC(=O)N(C)c2ccc(N=C(c3ccccc3)C3C(=O)Nc4cc(F)ccc43)cc2)CC1. The lowest BCUT2D eigenvalue weighted by atomic mass is 9.90. The summed E-state index contributed by atoms with van der Waals surface area (Å²) in [5, 5.41) is 2.78. The summed E-state index contributed by atoms with van der Waals surface area (Å²) in [7, 11) is 3.75. The predicted octanol–water partition coefficient (Wildman–Crippen LogP) is 5.35. The smallest absolute Gasteiger partial charge is 0.414 e. The predicted molar refractivity (Wildman–Crippen MR) is 142 cm³/mol. The number of benzene rings is 3. The number of nitrogens with zero attached hydrogens (tertiary/aromatic N) is 3. The van der Waals surface area contributed by atoms with Crippen molar-refractivity contribution in [2.45, 2.75) is 24.9 Å². The highest BCUT2D eigenvalue weighted by Gasteiger charge is 2.35. The summed E-state index contributed by atoms with van der Waals surface area (Å²) in [4.78, 5) is 34.2. The molecule has 2 aliphatic heterocycles. The van der Waals surface area contributed by atoms with Crippen molar-refractivity contribution < 1.29 is 18.7 Å². The number of hydrogen-bond acceptors (Lipinski definition) is 5. The molecule has 3 aromatic rings. The third-order valence-corrected chi connectivity index (χ3v) is 6.88. The second kappa shape index (κ2) is 10.5. The van der Waals surface area contributed by atoms with Crippen molar-refractivity contribution in [3.05, 3.63) is 89.7 Å². The van der Waals surface area contributed by atoms with Crippen LogP contribution < -0.4 is 10.2 Å². The van der Waals surface area contributed by atoms with Crippen LogP contribution in [-0.2, 0) is 9.53 Å². The average Bonchev–Trinajstić information content (AvgIpc) is 3.23. The van der Waals surface area contributed by atoms with Gasteiger partial charge in [-0.15, -0.1) is 0 Å². The summed E-state index contributed by atoms with van der Waals surface area (Å²) in [6.07, 6.45) is 1.20. The fourth-order valence-electron chi connectivity index (χ4n) is 4.73. The van der Waals surface area contributed by atoms with E-state index in [4.69, 9.17) is 9.73 Å². The molecule has 1 atom stereocenters. The van der Waals surface area contributed by atoms with Gasteiger partial charge in [0.25, 0.3) is 0 Å². The van der Waals surface area contributed by atoms with Gasteiger partial charge in [-0.2, -0.15) is 0 Å². The minimum atomic E-state index is -0.676. The zero-order chi connectivity index (χ0) is 25.9. The van der Waals surface area contributed by atoms with Gasteiger partial charge in [-0.1, -0.05) is 36.4 Å². The first-order valence-corrected chi connectivity index (χ1v) is 12.4. The van der Waals surface area contributed by atoms with Gasteiger partial charge in [-0.3, -0.25) is 14.7 Å². The van der Waals surface area contributed by atoms with Crippen LogP contribution in [0.5, 0.6) is 0 Å². The third kappa shape index (κ3) is 5.39. The van der Waals surface area contributed by atoms with E-state index in [1.807, 2.05) is 30.3 Å². The van der Waals surface area contributed by atoms with E-state index in [9.17, 15) is 14.0 Å². The van der Waals surface area contributed by atoms with Crippen molar-refractivity contribution in [1.29, 1.82) is 0 Å². The number of ether oxygens (including phenoxy) is 1. The largest absolute Gasteiger partial charge is 0.446 e. The number of halogens is 1. The molecule has 8 heteroatoms. The van der Waals surface area contributed by atoms with Crippen LogP contribution in [0.2, 0.25) is 0 Å². The van der Waals surface area contributed by atoms with E-state index in [0.717, 1.165) is 31.5 Å². The quantitative estimate of drug-likeness (QED) is 0.480. The molecule has 1 N–H and O–H groups in total. The highest BCUT2D eigenvalue weighted by atomic mass is 19.1. The zero-order valence-electron chi connectivity index (χ0n) is 20.9. The lowest BCUT2D eigenvalue weighted by Crippen LogP contribution is -2.38. The Balaban J connectivity index is 1.39. The van der Waals surface area contributed by atoms with Crippen LogP contribution in [-0.4, -0.2) is 55.9 Å². The number of nitrogens with one attached hydrogen (secondary N) is 1. The first kappa shape index (κ1) is 24.6. The summed E-state index contributed by atoms with van der Waals surface area (Å²) in [5.41, 5.74) is 3.80. The van der Waals surface area contributed by atoms with Crippen LogP contribution in [0.4, 0.5) is 26.2 Å². The molecule has 0 bridgehead atoms. The minimum absolute atomic E-state index is 0.0719. The van der Waals surface area contributed by atoms with E-state index in [-0.39, 0.29) is 18.1 Å². The van der Waals surface area contributed by atoms with Crippen molar-refractivity contribution in [1.82, 2.24) is 4.90 Å². The summed E-state index contributed by atoms with van der Waals surface area (Å²) >= 11 is 0. The molecular weight excluding hydrogens is 471 g/mol. The van der Waals surface area contributed by atoms with Gasteiger partial charge in [0.05, 0.1) is 11.4 Å². The summed E-state index contributed by atoms with van der Waals surface area (Å²) in [6.45, 7) is 1.83. The first-order valence-electron chi connectivity index (χ1n) is 12.4. The standard InChI is InChI=1S/C29H29FN4O3/c1-33-16-14-23(15-17-33)37-29(36)34(2)22-11-9-21(10-12-22)31-27(19-6-4-3-5-7-19)26-24-13-8-20(30)18-25(24)32-28(26)35/h3-13,18,23,26H,14-17H2,1-2H3,(H,32,35). The van der Waals surface area contributed by atoms with Gasteiger partial charge in [0, 0.05) is 31.5 Å². The number of piperidine rings is 1. The number of carbonyl (C=O) groups excluding carboxylic acids is 2. The minimum Gasteiger partial charge on any atom is -0.446 e. The van der Waals surface area contributed by atoms with Crippen molar-refractivity contribution in [3.8, 4) is 0 Å². The zero-order valence-corrected chi connectivity index (χ0v) is 20.9. The molecule has 5 rings (SSSR count). The molecule has 2 aliphatic rings. The van der Waals surface area contributed by atoms with Gasteiger partial charge < -0.3 is 15.0 Å². The molecule has 37 heavy (non-hydrogen) atoms. The summed E-state index contributed by atoms with van der Waals surface area (Å²) in [5.74, 6) is -1.34. The third-order valence-electron chi connectivity index (χ3n) is 6.88. The Kier molecular flexibility index (Phi) is 7.01. The van der Waals surface area contributed by atoms with Crippen molar-refractivity contribution in [3.63, 3.8) is 0 Å².